The van der Waals surface area contributed by atoms with Crippen LogP contribution in [-0.4, -0.2) is 5.96 Å². The molecule has 0 saturated heterocycles. The smallest absolute Gasteiger partial charge is 0.360 e. The lowest BCUT2D eigenvalue weighted by atomic mass is 10.1. The summed E-state index contributed by atoms with van der Waals surface area (Å²) >= 11 is 0. The van der Waals surface area contributed by atoms with Gasteiger partial charge in [-0.15, -0.1) is 0 Å². The highest BCUT2D eigenvalue weighted by atomic mass is 16.4. The Labute approximate surface area is 155 Å². The normalized spacial score (nSPS) is 16.1. The molecule has 0 saturated carbocycles. The van der Waals surface area contributed by atoms with Crippen molar-refractivity contribution in [2.45, 2.75) is 12.5 Å². The summed E-state index contributed by atoms with van der Waals surface area (Å²) in [7, 11) is 0. The van der Waals surface area contributed by atoms with Crippen molar-refractivity contribution in [1.82, 2.24) is 0 Å². The lowest BCUT2D eigenvalue weighted by molar-refractivity contribution is 0.564. The van der Waals surface area contributed by atoms with Gasteiger partial charge in [-0.25, -0.2) is 9.79 Å². The molecule has 0 fully saturated rings. The molecule has 132 valence electrons. The lowest BCUT2D eigenvalue weighted by Crippen LogP contribution is -2.26. The summed E-state index contributed by atoms with van der Waals surface area (Å²) in [6, 6.07) is 21.6. The van der Waals surface area contributed by atoms with E-state index in [2.05, 4.69) is 40.6 Å². The Hall–Kier alpha value is -3.60. The molecule has 0 amide bonds. The van der Waals surface area contributed by atoms with Crippen LogP contribution < -0.4 is 16.7 Å². The number of fused-ring (bicyclic) bond motifs is 1. The molecule has 4 aromatic rings. The fourth-order valence-corrected chi connectivity index (χ4v) is 3.82. The number of benzene rings is 3. The summed E-state index contributed by atoms with van der Waals surface area (Å²) in [6.45, 7) is 0. The standard InChI is InChI=1S/C22H17N3O2/c23-22(25-18-11-14-5-1-2-10-19(14)27-21(18)26)24-17-12-15-8-3-6-13-7-4-9-16(17)20(13)15/h1-11,17H,12H2,(H3,23,24,25). The molecule has 1 aliphatic carbocycles. The van der Waals surface area contributed by atoms with E-state index in [1.807, 2.05) is 24.3 Å². The van der Waals surface area contributed by atoms with Gasteiger partial charge < -0.3 is 15.5 Å². The zero-order valence-electron chi connectivity index (χ0n) is 14.5. The molecule has 1 aromatic heterocycles. The number of hydrogen-bond donors (Lipinski definition) is 2. The molecule has 3 N–H and O–H groups in total. The lowest BCUT2D eigenvalue weighted by Gasteiger charge is -2.10. The average Bonchev–Trinajstić information content (AvgIpc) is 3.02. The summed E-state index contributed by atoms with van der Waals surface area (Å²) in [5.74, 6) is 0.201. The van der Waals surface area contributed by atoms with Crippen molar-refractivity contribution in [2.75, 3.05) is 5.32 Å². The van der Waals surface area contributed by atoms with Gasteiger partial charge in [0.15, 0.2) is 5.96 Å². The first-order valence-corrected chi connectivity index (χ1v) is 8.83. The first-order chi connectivity index (χ1) is 13.2. The third kappa shape index (κ3) is 2.64. The van der Waals surface area contributed by atoms with E-state index < -0.39 is 5.63 Å². The van der Waals surface area contributed by atoms with Gasteiger partial charge in [0.25, 0.3) is 0 Å². The molecule has 0 bridgehead atoms. The summed E-state index contributed by atoms with van der Waals surface area (Å²) in [5, 5.41) is 6.20. The fourth-order valence-electron chi connectivity index (χ4n) is 3.82. The summed E-state index contributed by atoms with van der Waals surface area (Å²) in [5.41, 5.74) is 8.91. The maximum Gasteiger partial charge on any atom is 0.360 e. The van der Waals surface area contributed by atoms with Crippen molar-refractivity contribution in [3.63, 3.8) is 0 Å². The quantitative estimate of drug-likeness (QED) is 0.324. The largest absolute Gasteiger partial charge is 0.421 e. The zero-order valence-corrected chi connectivity index (χ0v) is 14.5. The molecular formula is C22H17N3O2. The van der Waals surface area contributed by atoms with E-state index in [-0.39, 0.29) is 17.7 Å². The van der Waals surface area contributed by atoms with Crippen molar-refractivity contribution in [1.29, 1.82) is 0 Å². The number of para-hydroxylation sites is 1. The van der Waals surface area contributed by atoms with Gasteiger partial charge in [-0.1, -0.05) is 54.6 Å². The van der Waals surface area contributed by atoms with E-state index in [0.717, 1.165) is 11.8 Å². The minimum Gasteiger partial charge on any atom is -0.421 e. The number of guanidine groups is 1. The maximum absolute atomic E-state index is 12.2. The number of nitrogens with one attached hydrogen (secondary N) is 1. The molecule has 1 unspecified atom stereocenters. The van der Waals surface area contributed by atoms with Crippen LogP contribution in [0.15, 0.2) is 80.9 Å². The van der Waals surface area contributed by atoms with Gasteiger partial charge in [-0.3, -0.25) is 0 Å². The molecule has 1 heterocycles. The number of anilines is 1. The molecule has 1 aliphatic rings. The number of nitrogens with two attached hydrogens (primary N) is 1. The summed E-state index contributed by atoms with van der Waals surface area (Å²) < 4.78 is 5.33. The van der Waals surface area contributed by atoms with E-state index in [4.69, 9.17) is 10.2 Å². The number of rotatable bonds is 2. The molecule has 5 rings (SSSR count). The maximum atomic E-state index is 12.2. The molecule has 5 heteroatoms. The number of aliphatic imine (C=N–C) groups is 1. The van der Waals surface area contributed by atoms with Gasteiger partial charge in [-0.2, -0.15) is 0 Å². The van der Waals surface area contributed by atoms with Crippen molar-refractivity contribution in [3.05, 3.63) is 88.3 Å². The van der Waals surface area contributed by atoms with Crippen LogP contribution in [0.25, 0.3) is 21.7 Å². The van der Waals surface area contributed by atoms with E-state index in [9.17, 15) is 4.79 Å². The minimum atomic E-state index is -0.469. The van der Waals surface area contributed by atoms with Crippen molar-refractivity contribution >= 4 is 33.4 Å². The Morgan fingerprint density at radius 1 is 1.04 bits per heavy atom. The van der Waals surface area contributed by atoms with Gasteiger partial charge in [0, 0.05) is 5.39 Å². The van der Waals surface area contributed by atoms with Crippen LogP contribution in [0.4, 0.5) is 5.69 Å². The van der Waals surface area contributed by atoms with Crippen LogP contribution in [0.2, 0.25) is 0 Å². The first-order valence-electron chi connectivity index (χ1n) is 8.83. The average molecular weight is 355 g/mol. The van der Waals surface area contributed by atoms with Gasteiger partial charge in [0.1, 0.15) is 11.3 Å². The summed E-state index contributed by atoms with van der Waals surface area (Å²) in [6.07, 6.45) is 0.797. The number of nitrogens with zero attached hydrogens (tertiary/aromatic N) is 1. The Balaban J connectivity index is 1.48. The third-order valence-corrected chi connectivity index (χ3v) is 4.99. The second-order valence-corrected chi connectivity index (χ2v) is 6.71. The van der Waals surface area contributed by atoms with Crippen molar-refractivity contribution in [2.24, 2.45) is 10.7 Å². The van der Waals surface area contributed by atoms with Crippen LogP contribution in [-0.2, 0) is 6.42 Å². The van der Waals surface area contributed by atoms with E-state index in [1.165, 1.54) is 21.9 Å². The molecule has 0 spiro atoms. The SMILES string of the molecule is NC(=NC1Cc2cccc3cccc1c23)Nc1cc2ccccc2oc1=O. The Morgan fingerprint density at radius 3 is 2.70 bits per heavy atom. The molecule has 0 radical (unpaired) electrons. The van der Waals surface area contributed by atoms with Crippen LogP contribution in [0.3, 0.4) is 0 Å². The Morgan fingerprint density at radius 2 is 1.81 bits per heavy atom. The molecule has 5 nitrogen and oxygen atoms in total. The monoisotopic (exact) mass is 355 g/mol. The van der Waals surface area contributed by atoms with E-state index >= 15 is 0 Å². The highest BCUT2D eigenvalue weighted by Gasteiger charge is 2.24. The molecule has 3 aromatic carbocycles. The van der Waals surface area contributed by atoms with Gasteiger partial charge in [-0.05, 0) is 40.5 Å². The van der Waals surface area contributed by atoms with Crippen molar-refractivity contribution in [3.8, 4) is 0 Å². The second-order valence-electron chi connectivity index (χ2n) is 6.71. The molecule has 27 heavy (non-hydrogen) atoms. The van der Waals surface area contributed by atoms with Crippen LogP contribution in [0.5, 0.6) is 0 Å². The van der Waals surface area contributed by atoms with Crippen LogP contribution in [0.1, 0.15) is 17.2 Å². The van der Waals surface area contributed by atoms with Gasteiger partial charge in [0.05, 0.1) is 6.04 Å². The van der Waals surface area contributed by atoms with E-state index in [0.29, 0.717) is 5.58 Å². The molecular weight excluding hydrogens is 338 g/mol. The fraction of sp³-hybridized carbons (Fsp3) is 0.0909. The van der Waals surface area contributed by atoms with E-state index in [1.54, 1.807) is 12.1 Å². The summed E-state index contributed by atoms with van der Waals surface area (Å²) in [4.78, 5) is 16.8. The predicted octanol–water partition coefficient (Wildman–Crippen LogP) is 3.97. The molecule has 0 aliphatic heterocycles. The highest BCUT2D eigenvalue weighted by molar-refractivity contribution is 5.95. The Kier molecular flexibility index (Phi) is 3.47. The zero-order chi connectivity index (χ0) is 18.4. The van der Waals surface area contributed by atoms with Crippen LogP contribution >= 0.6 is 0 Å². The van der Waals surface area contributed by atoms with Crippen LogP contribution in [0, 0.1) is 0 Å². The second kappa shape index (κ2) is 5.99. The van der Waals surface area contributed by atoms with Gasteiger partial charge in [0.2, 0.25) is 0 Å². The third-order valence-electron chi connectivity index (χ3n) is 4.99. The topological polar surface area (TPSA) is 80.6 Å². The minimum absolute atomic E-state index is 0.0638. The van der Waals surface area contributed by atoms with Gasteiger partial charge >= 0.3 is 5.63 Å². The predicted molar refractivity (Wildman–Crippen MR) is 108 cm³/mol. The number of hydrogen-bond acceptors (Lipinski definition) is 3. The first kappa shape index (κ1) is 15.6. The van der Waals surface area contributed by atoms with Crippen molar-refractivity contribution < 1.29 is 4.42 Å². The molecule has 1 atom stereocenters. The Bertz CT molecular complexity index is 1270. The highest BCUT2D eigenvalue weighted by Crippen LogP contribution is 2.38.